The van der Waals surface area contributed by atoms with E-state index in [0.717, 1.165) is 5.69 Å². The van der Waals surface area contributed by atoms with E-state index in [0.29, 0.717) is 43.6 Å². The first-order valence-electron chi connectivity index (χ1n) is 11.4. The molecule has 0 aliphatic carbocycles. The number of ether oxygens (including phenoxy) is 1. The van der Waals surface area contributed by atoms with Crippen LogP contribution >= 0.6 is 0 Å². The number of rotatable bonds is 4. The highest BCUT2D eigenvalue weighted by molar-refractivity contribution is 5.89. The molecule has 0 saturated carbocycles. The third kappa shape index (κ3) is 6.31. The molecule has 0 atom stereocenters. The molecule has 1 fully saturated rings. The van der Waals surface area contributed by atoms with E-state index in [1.807, 2.05) is 4.90 Å². The van der Waals surface area contributed by atoms with Crippen LogP contribution < -0.4 is 15.3 Å². The van der Waals surface area contributed by atoms with E-state index >= 15 is 0 Å². The minimum absolute atomic E-state index is 0.0825. The van der Waals surface area contributed by atoms with Crippen molar-refractivity contribution in [3.63, 3.8) is 0 Å². The molecule has 1 N–H and O–H groups in total. The highest BCUT2D eigenvalue weighted by atomic mass is 19.4. The normalized spacial score (nSPS) is 13.4. The molecule has 1 aliphatic heterocycles. The number of nitrogens with one attached hydrogen (secondary N) is 1. The minimum atomic E-state index is -4.72. The number of halogens is 3. The number of piperazine rings is 1. The zero-order chi connectivity index (χ0) is 27.3. The van der Waals surface area contributed by atoms with Gasteiger partial charge in [0.1, 0.15) is 17.4 Å². The second-order valence-electron chi connectivity index (χ2n) is 8.19. The van der Waals surface area contributed by atoms with Crippen molar-refractivity contribution in [3.8, 4) is 11.8 Å². The number of carbonyl (C=O) groups excluding carboxylic acids is 2. The number of esters is 1. The number of carboxylic acid groups (broad SMARTS) is 1. The predicted octanol–water partition coefficient (Wildman–Crippen LogP) is 2.89. The molecule has 1 aliphatic rings. The molecule has 0 bridgehead atoms. The Hall–Kier alpha value is -4.79. The van der Waals surface area contributed by atoms with E-state index in [4.69, 9.17) is 0 Å². The van der Waals surface area contributed by atoms with Crippen LogP contribution in [0.1, 0.15) is 27.2 Å². The molecule has 2 heterocycles. The zero-order valence-corrected chi connectivity index (χ0v) is 20.1. The van der Waals surface area contributed by atoms with Crippen LogP contribution in [0.4, 0.5) is 35.3 Å². The summed E-state index contributed by atoms with van der Waals surface area (Å²) in [7, 11) is 1.22. The summed E-state index contributed by atoms with van der Waals surface area (Å²) in [6, 6.07) is 13.0. The van der Waals surface area contributed by atoms with Gasteiger partial charge in [0.25, 0.3) is 0 Å². The monoisotopic (exact) mass is 524 g/mol. The average molecular weight is 524 g/mol. The molecular formula is C26H21F3N5O4-. The summed E-state index contributed by atoms with van der Waals surface area (Å²) >= 11 is 0. The molecule has 9 nitrogen and oxygen atoms in total. The molecule has 1 amide bonds. The first kappa shape index (κ1) is 26.3. The Bertz CT molecular complexity index is 1390. The van der Waals surface area contributed by atoms with Crippen LogP contribution in [0.15, 0.2) is 54.7 Å². The van der Waals surface area contributed by atoms with Gasteiger partial charge >= 0.3 is 12.1 Å². The van der Waals surface area contributed by atoms with Crippen molar-refractivity contribution in [2.24, 2.45) is 0 Å². The van der Waals surface area contributed by atoms with Crippen LogP contribution in [0.5, 0.6) is 0 Å². The maximum absolute atomic E-state index is 13.6. The summed E-state index contributed by atoms with van der Waals surface area (Å²) in [6.45, 7) is 1.68. The van der Waals surface area contributed by atoms with E-state index in [9.17, 15) is 27.9 Å². The Balaban J connectivity index is 1.53. The topological polar surface area (TPSA) is 111 Å². The van der Waals surface area contributed by atoms with Gasteiger partial charge in [0.15, 0.2) is 0 Å². The van der Waals surface area contributed by atoms with Gasteiger partial charge in [-0.1, -0.05) is 12.0 Å². The van der Waals surface area contributed by atoms with Gasteiger partial charge in [-0.15, -0.1) is 0 Å². The fourth-order valence-corrected chi connectivity index (χ4v) is 3.75. The second-order valence-corrected chi connectivity index (χ2v) is 8.19. The molecule has 0 unspecified atom stereocenters. The summed E-state index contributed by atoms with van der Waals surface area (Å²) in [4.78, 5) is 33.7. The molecular weight excluding hydrogens is 503 g/mol. The third-order valence-corrected chi connectivity index (χ3v) is 5.73. The fourth-order valence-electron chi connectivity index (χ4n) is 3.75. The average Bonchev–Trinajstić information content (AvgIpc) is 2.91. The van der Waals surface area contributed by atoms with Gasteiger partial charge in [0, 0.05) is 49.3 Å². The number of carbonyl (C=O) groups is 2. The molecule has 1 aromatic heterocycles. The van der Waals surface area contributed by atoms with Crippen molar-refractivity contribution >= 4 is 29.4 Å². The number of benzene rings is 2. The number of anilines is 3. The second kappa shape index (κ2) is 11.1. The van der Waals surface area contributed by atoms with Gasteiger partial charge in [-0.2, -0.15) is 13.2 Å². The molecule has 4 rings (SSSR count). The molecule has 196 valence electrons. The Morgan fingerprint density at radius 3 is 2.39 bits per heavy atom. The standard InChI is InChI=1S/C26H22F3N5O4/c1-38-23(35)18-4-2-3-17(15-18)5-10-22-21(26(27,28)29)16-30-24(32-22)31-19-6-8-20(9-7-19)33-11-13-34(14-12-33)25(36)37/h2-4,6-9,15-16H,11-14H2,1H3,(H,36,37)(H,30,31,32)/p-1. The maximum atomic E-state index is 13.6. The Kier molecular flexibility index (Phi) is 7.66. The van der Waals surface area contributed by atoms with Crippen LogP contribution in [-0.4, -0.2) is 60.2 Å². The zero-order valence-electron chi connectivity index (χ0n) is 20.1. The largest absolute Gasteiger partial charge is 0.530 e. The first-order valence-corrected chi connectivity index (χ1v) is 11.4. The lowest BCUT2D eigenvalue weighted by molar-refractivity contribution is -0.265. The van der Waals surface area contributed by atoms with Crippen LogP contribution in [0.3, 0.4) is 0 Å². The maximum Gasteiger partial charge on any atom is 0.420 e. The van der Waals surface area contributed by atoms with Crippen LogP contribution in [0, 0.1) is 11.8 Å². The first-order chi connectivity index (χ1) is 18.1. The van der Waals surface area contributed by atoms with E-state index in [2.05, 4.69) is 31.9 Å². The van der Waals surface area contributed by atoms with E-state index in [1.165, 1.54) is 24.1 Å². The van der Waals surface area contributed by atoms with Crippen molar-refractivity contribution in [1.29, 1.82) is 0 Å². The van der Waals surface area contributed by atoms with Crippen LogP contribution in [0.2, 0.25) is 0 Å². The number of aromatic nitrogens is 2. The lowest BCUT2D eigenvalue weighted by atomic mass is 10.1. The summed E-state index contributed by atoms with van der Waals surface area (Å²) in [6.07, 6.45) is -5.26. The van der Waals surface area contributed by atoms with Crippen molar-refractivity contribution in [2.75, 3.05) is 43.5 Å². The number of nitrogens with zero attached hydrogens (tertiary/aromatic N) is 4. The van der Waals surface area contributed by atoms with Gasteiger partial charge in [-0.05, 0) is 48.4 Å². The number of alkyl halides is 3. The lowest BCUT2D eigenvalue weighted by Crippen LogP contribution is -2.52. The van der Waals surface area contributed by atoms with Gasteiger partial charge in [-0.25, -0.2) is 14.8 Å². The summed E-state index contributed by atoms with van der Waals surface area (Å²) in [5, 5.41) is 13.8. The van der Waals surface area contributed by atoms with Crippen LogP contribution in [0.25, 0.3) is 0 Å². The highest BCUT2D eigenvalue weighted by Gasteiger charge is 2.34. The minimum Gasteiger partial charge on any atom is -0.530 e. The summed E-state index contributed by atoms with van der Waals surface area (Å²) < 4.78 is 45.3. The highest BCUT2D eigenvalue weighted by Crippen LogP contribution is 2.31. The van der Waals surface area contributed by atoms with Crippen LogP contribution in [-0.2, 0) is 10.9 Å². The van der Waals surface area contributed by atoms with Gasteiger partial charge < -0.3 is 29.8 Å². The fraction of sp³-hybridized carbons (Fsp3) is 0.231. The molecule has 1 saturated heterocycles. The Morgan fingerprint density at radius 1 is 1.05 bits per heavy atom. The van der Waals surface area contributed by atoms with Gasteiger partial charge in [0.2, 0.25) is 5.95 Å². The quantitative estimate of drug-likeness (QED) is 0.410. The van der Waals surface area contributed by atoms with Gasteiger partial charge in [0.05, 0.1) is 12.7 Å². The number of amides is 1. The number of hydrogen-bond acceptors (Lipinski definition) is 8. The van der Waals surface area contributed by atoms with E-state index in [1.54, 1.807) is 36.4 Å². The number of hydrogen-bond donors (Lipinski definition) is 1. The third-order valence-electron chi connectivity index (χ3n) is 5.73. The predicted molar refractivity (Wildman–Crippen MR) is 130 cm³/mol. The molecule has 0 spiro atoms. The smallest absolute Gasteiger partial charge is 0.420 e. The van der Waals surface area contributed by atoms with Gasteiger partial charge in [-0.3, -0.25) is 0 Å². The molecule has 12 heteroatoms. The van der Waals surface area contributed by atoms with E-state index < -0.39 is 29.5 Å². The Labute approximate surface area is 215 Å². The lowest BCUT2D eigenvalue weighted by Gasteiger charge is -2.37. The van der Waals surface area contributed by atoms with Crippen molar-refractivity contribution in [2.45, 2.75) is 6.18 Å². The van der Waals surface area contributed by atoms with Crippen molar-refractivity contribution < 1.29 is 32.6 Å². The molecule has 3 aromatic rings. The van der Waals surface area contributed by atoms with E-state index in [-0.39, 0.29) is 11.5 Å². The molecule has 2 aromatic carbocycles. The van der Waals surface area contributed by atoms with Crippen molar-refractivity contribution in [1.82, 2.24) is 14.9 Å². The molecule has 38 heavy (non-hydrogen) atoms. The Morgan fingerprint density at radius 2 is 1.76 bits per heavy atom. The number of methoxy groups -OCH3 is 1. The molecule has 0 radical (unpaired) electrons. The summed E-state index contributed by atoms with van der Waals surface area (Å²) in [5.41, 5.74) is 0.301. The SMILES string of the molecule is COC(=O)c1cccc(C#Cc2nc(Nc3ccc(N4CCN(C(=O)[O-])CC4)cc3)ncc2C(F)(F)F)c1. The summed E-state index contributed by atoms with van der Waals surface area (Å²) in [5.74, 6) is 4.38. The van der Waals surface area contributed by atoms with Crippen molar-refractivity contribution in [3.05, 3.63) is 77.1 Å².